The Bertz CT molecular complexity index is 688. The summed E-state index contributed by atoms with van der Waals surface area (Å²) in [6.07, 6.45) is 0. The number of rotatable bonds is 4. The van der Waals surface area contributed by atoms with Gasteiger partial charge in [0.15, 0.2) is 0 Å². The summed E-state index contributed by atoms with van der Waals surface area (Å²) in [6, 6.07) is 25.2. The van der Waals surface area contributed by atoms with Crippen LogP contribution in [0.5, 0.6) is 0 Å². The normalized spacial score (nSPS) is 10.3. The lowest BCUT2D eigenvalue weighted by molar-refractivity contribution is 0.627. The molecule has 0 aliphatic heterocycles. The van der Waals surface area contributed by atoms with Gasteiger partial charge < -0.3 is 5.32 Å². The van der Waals surface area contributed by atoms with Crippen molar-refractivity contribution in [1.82, 2.24) is 0 Å². The highest BCUT2D eigenvalue weighted by Gasteiger charge is 1.98. The molecule has 0 aliphatic rings. The number of nitrogens with one attached hydrogen (secondary N) is 1. The van der Waals surface area contributed by atoms with Gasteiger partial charge in [0.05, 0.1) is 0 Å². The lowest BCUT2D eigenvalue weighted by atomic mass is 10.1. The minimum Gasteiger partial charge on any atom is -0.381 e. The Hall–Kier alpha value is -2.61. The first-order chi connectivity index (χ1) is 10.3. The number of halogens is 1. The Morgan fingerprint density at radius 1 is 0.667 bits per heavy atom. The van der Waals surface area contributed by atoms with Crippen LogP contribution in [-0.4, -0.2) is 0 Å². The van der Waals surface area contributed by atoms with Crippen LogP contribution < -0.4 is 5.32 Å². The van der Waals surface area contributed by atoms with E-state index in [2.05, 4.69) is 41.7 Å². The van der Waals surface area contributed by atoms with Gasteiger partial charge in [-0.05, 0) is 41.0 Å². The largest absolute Gasteiger partial charge is 0.381 e. The van der Waals surface area contributed by atoms with Crippen molar-refractivity contribution in [3.63, 3.8) is 0 Å². The zero-order chi connectivity index (χ0) is 14.5. The van der Waals surface area contributed by atoms with Crippen LogP contribution in [0.4, 0.5) is 10.1 Å². The van der Waals surface area contributed by atoms with Crippen LogP contribution in [0, 0.1) is 5.82 Å². The predicted octanol–water partition coefficient (Wildman–Crippen LogP) is 5.10. The van der Waals surface area contributed by atoms with Crippen molar-refractivity contribution < 1.29 is 4.39 Å². The molecule has 0 unspecified atom stereocenters. The van der Waals surface area contributed by atoms with Gasteiger partial charge >= 0.3 is 0 Å². The molecule has 2 heteroatoms. The topological polar surface area (TPSA) is 12.0 Å². The zero-order valence-corrected chi connectivity index (χ0v) is 11.6. The van der Waals surface area contributed by atoms with Crippen LogP contribution >= 0.6 is 0 Å². The third-order valence-electron chi connectivity index (χ3n) is 3.40. The van der Waals surface area contributed by atoms with Crippen LogP contribution in [0.25, 0.3) is 11.1 Å². The molecule has 0 radical (unpaired) electrons. The van der Waals surface area contributed by atoms with E-state index in [4.69, 9.17) is 0 Å². The summed E-state index contributed by atoms with van der Waals surface area (Å²) in [5, 5.41) is 3.34. The van der Waals surface area contributed by atoms with E-state index in [9.17, 15) is 4.39 Å². The van der Waals surface area contributed by atoms with E-state index >= 15 is 0 Å². The lowest BCUT2D eigenvalue weighted by Crippen LogP contribution is -1.99. The van der Waals surface area contributed by atoms with Crippen LogP contribution in [0.15, 0.2) is 78.9 Å². The highest BCUT2D eigenvalue weighted by atomic mass is 19.1. The third kappa shape index (κ3) is 3.48. The SMILES string of the molecule is Fc1ccc(CNc2ccc(-c3ccccc3)cc2)cc1. The molecule has 21 heavy (non-hydrogen) atoms. The minimum atomic E-state index is -0.203. The van der Waals surface area contributed by atoms with E-state index < -0.39 is 0 Å². The van der Waals surface area contributed by atoms with Gasteiger partial charge in [0.1, 0.15) is 5.82 Å². The number of anilines is 1. The minimum absolute atomic E-state index is 0.203. The van der Waals surface area contributed by atoms with Gasteiger partial charge in [-0.1, -0.05) is 54.6 Å². The molecular weight excluding hydrogens is 261 g/mol. The second kappa shape index (κ2) is 6.23. The number of hydrogen-bond donors (Lipinski definition) is 1. The molecule has 3 rings (SSSR count). The van der Waals surface area contributed by atoms with Gasteiger partial charge in [0, 0.05) is 12.2 Å². The summed E-state index contributed by atoms with van der Waals surface area (Å²) in [6.45, 7) is 0.685. The Labute approximate surface area is 124 Å². The van der Waals surface area contributed by atoms with Gasteiger partial charge in [0.2, 0.25) is 0 Å². The average molecular weight is 277 g/mol. The smallest absolute Gasteiger partial charge is 0.123 e. The molecule has 0 atom stereocenters. The molecule has 0 fully saturated rings. The van der Waals surface area contributed by atoms with E-state index in [1.165, 1.54) is 23.3 Å². The van der Waals surface area contributed by atoms with Crippen molar-refractivity contribution in [3.8, 4) is 11.1 Å². The molecule has 3 aromatic carbocycles. The van der Waals surface area contributed by atoms with E-state index in [-0.39, 0.29) is 5.82 Å². The monoisotopic (exact) mass is 277 g/mol. The Balaban J connectivity index is 1.66. The molecule has 0 saturated carbocycles. The van der Waals surface area contributed by atoms with Gasteiger partial charge in [-0.2, -0.15) is 0 Å². The predicted molar refractivity (Wildman–Crippen MR) is 85.6 cm³/mol. The van der Waals surface area contributed by atoms with E-state index in [0.29, 0.717) is 6.54 Å². The molecular formula is C19H16FN. The average Bonchev–Trinajstić information content (AvgIpc) is 2.56. The molecule has 3 aromatic rings. The van der Waals surface area contributed by atoms with Gasteiger partial charge in [0.25, 0.3) is 0 Å². The Kier molecular flexibility index (Phi) is 3.97. The van der Waals surface area contributed by atoms with Gasteiger partial charge in [-0.3, -0.25) is 0 Å². The molecule has 1 N–H and O–H groups in total. The number of hydrogen-bond acceptors (Lipinski definition) is 1. The molecule has 1 nitrogen and oxygen atoms in total. The Morgan fingerprint density at radius 3 is 1.95 bits per heavy atom. The maximum Gasteiger partial charge on any atom is 0.123 e. The summed E-state index contributed by atoms with van der Waals surface area (Å²) in [5.41, 5.74) is 4.52. The number of benzene rings is 3. The molecule has 0 aliphatic carbocycles. The summed E-state index contributed by atoms with van der Waals surface area (Å²) >= 11 is 0. The summed E-state index contributed by atoms with van der Waals surface area (Å²) in [4.78, 5) is 0. The first kappa shape index (κ1) is 13.4. The zero-order valence-electron chi connectivity index (χ0n) is 11.6. The van der Waals surface area contributed by atoms with Gasteiger partial charge in [-0.15, -0.1) is 0 Å². The van der Waals surface area contributed by atoms with Crippen molar-refractivity contribution in [3.05, 3.63) is 90.2 Å². The molecule has 0 saturated heterocycles. The maximum atomic E-state index is 12.8. The second-order valence-corrected chi connectivity index (χ2v) is 4.92. The third-order valence-corrected chi connectivity index (χ3v) is 3.40. The molecule has 0 bridgehead atoms. The van der Waals surface area contributed by atoms with Crippen molar-refractivity contribution in [2.75, 3.05) is 5.32 Å². The van der Waals surface area contributed by atoms with Crippen LogP contribution in [0.2, 0.25) is 0 Å². The maximum absolute atomic E-state index is 12.8. The van der Waals surface area contributed by atoms with Gasteiger partial charge in [-0.25, -0.2) is 4.39 Å². The van der Waals surface area contributed by atoms with Crippen molar-refractivity contribution in [2.24, 2.45) is 0 Å². The fraction of sp³-hybridized carbons (Fsp3) is 0.0526. The standard InChI is InChI=1S/C19H16FN/c20-18-10-6-15(7-11-18)14-21-19-12-8-17(9-13-19)16-4-2-1-3-5-16/h1-13,21H,14H2. The summed E-state index contributed by atoms with van der Waals surface area (Å²) in [7, 11) is 0. The van der Waals surface area contributed by atoms with E-state index in [0.717, 1.165) is 11.3 Å². The van der Waals surface area contributed by atoms with E-state index in [1.807, 2.05) is 18.2 Å². The first-order valence-electron chi connectivity index (χ1n) is 6.95. The van der Waals surface area contributed by atoms with Crippen molar-refractivity contribution in [2.45, 2.75) is 6.54 Å². The second-order valence-electron chi connectivity index (χ2n) is 4.92. The van der Waals surface area contributed by atoms with E-state index in [1.54, 1.807) is 12.1 Å². The highest BCUT2D eigenvalue weighted by Crippen LogP contribution is 2.21. The molecule has 0 aromatic heterocycles. The first-order valence-corrected chi connectivity index (χ1v) is 6.95. The van der Waals surface area contributed by atoms with Crippen molar-refractivity contribution >= 4 is 5.69 Å². The molecule has 0 amide bonds. The van der Waals surface area contributed by atoms with Crippen molar-refractivity contribution in [1.29, 1.82) is 0 Å². The molecule has 0 spiro atoms. The summed E-state index contributed by atoms with van der Waals surface area (Å²) in [5.74, 6) is -0.203. The van der Waals surface area contributed by atoms with Crippen LogP contribution in [0.3, 0.4) is 0 Å². The van der Waals surface area contributed by atoms with Crippen LogP contribution in [-0.2, 0) is 6.54 Å². The fourth-order valence-electron chi connectivity index (χ4n) is 2.22. The Morgan fingerprint density at radius 2 is 1.29 bits per heavy atom. The highest BCUT2D eigenvalue weighted by molar-refractivity contribution is 5.65. The lowest BCUT2D eigenvalue weighted by Gasteiger charge is -2.08. The summed E-state index contributed by atoms with van der Waals surface area (Å²) < 4.78 is 12.8. The quantitative estimate of drug-likeness (QED) is 0.699. The van der Waals surface area contributed by atoms with Crippen LogP contribution in [0.1, 0.15) is 5.56 Å². The fourth-order valence-corrected chi connectivity index (χ4v) is 2.22. The molecule has 0 heterocycles. The molecule has 104 valence electrons.